The Bertz CT molecular complexity index is 296. The van der Waals surface area contributed by atoms with Crippen LogP contribution in [-0.4, -0.2) is 29.5 Å². The van der Waals surface area contributed by atoms with E-state index in [1.807, 2.05) is 0 Å². The second kappa shape index (κ2) is 4.23. The third kappa shape index (κ3) is 2.04. The second-order valence-electron chi connectivity index (χ2n) is 3.52. The summed E-state index contributed by atoms with van der Waals surface area (Å²) in [5.41, 5.74) is 0. The van der Waals surface area contributed by atoms with Gasteiger partial charge in [-0.3, -0.25) is 0 Å². The van der Waals surface area contributed by atoms with Crippen molar-refractivity contribution >= 4 is 16.5 Å². The van der Waals surface area contributed by atoms with Crippen molar-refractivity contribution in [2.45, 2.75) is 38.3 Å². The van der Waals surface area contributed by atoms with Gasteiger partial charge in [0.2, 0.25) is 5.13 Å². The summed E-state index contributed by atoms with van der Waals surface area (Å²) in [6.45, 7) is 2.09. The highest BCUT2D eigenvalue weighted by Crippen LogP contribution is 2.27. The van der Waals surface area contributed by atoms with Gasteiger partial charge in [-0.1, -0.05) is 18.3 Å². The van der Waals surface area contributed by atoms with Crippen molar-refractivity contribution in [2.24, 2.45) is 0 Å². The molecule has 2 rings (SSSR count). The fraction of sp³-hybridized carbons (Fsp3) is 0.778. The van der Waals surface area contributed by atoms with E-state index in [1.165, 1.54) is 0 Å². The first-order chi connectivity index (χ1) is 6.81. The Labute approximate surface area is 87.7 Å². The van der Waals surface area contributed by atoms with Crippen LogP contribution in [-0.2, 0) is 11.2 Å². The minimum Gasteiger partial charge on any atom is -0.381 e. The average molecular weight is 213 g/mol. The average Bonchev–Trinajstić information content (AvgIpc) is 2.58. The lowest BCUT2D eigenvalue weighted by molar-refractivity contribution is 0.0328. The van der Waals surface area contributed by atoms with Crippen LogP contribution in [0.3, 0.4) is 0 Å². The van der Waals surface area contributed by atoms with Gasteiger partial charge in [0.25, 0.3) is 0 Å². The molecule has 1 aliphatic carbocycles. The summed E-state index contributed by atoms with van der Waals surface area (Å²) in [6, 6.07) is 0.526. The predicted molar refractivity (Wildman–Crippen MR) is 56.7 cm³/mol. The predicted octanol–water partition coefficient (Wildman–Crippen LogP) is 1.69. The molecule has 0 aromatic carbocycles. The number of hydrogen-bond donors (Lipinski definition) is 1. The Morgan fingerprint density at radius 3 is 2.86 bits per heavy atom. The van der Waals surface area contributed by atoms with Crippen LogP contribution >= 0.6 is 11.3 Å². The molecule has 0 amide bonds. The fourth-order valence-electron chi connectivity index (χ4n) is 1.51. The summed E-state index contributed by atoms with van der Waals surface area (Å²) in [6.07, 6.45) is 3.56. The number of anilines is 1. The zero-order valence-corrected chi connectivity index (χ0v) is 9.30. The van der Waals surface area contributed by atoms with Crippen LogP contribution in [0.4, 0.5) is 5.13 Å². The molecule has 1 aromatic rings. The van der Waals surface area contributed by atoms with E-state index in [0.717, 1.165) is 29.4 Å². The standard InChI is InChI=1S/C9H15N3OS/c1-3-8-11-12-9(14-8)10-6-4-7(5-6)13-2/h6-7H,3-5H2,1-2H3,(H,10,12). The van der Waals surface area contributed by atoms with Crippen LogP contribution in [0.15, 0.2) is 0 Å². The van der Waals surface area contributed by atoms with E-state index < -0.39 is 0 Å². The molecule has 0 saturated heterocycles. The molecule has 1 heterocycles. The van der Waals surface area contributed by atoms with Crippen molar-refractivity contribution in [2.75, 3.05) is 12.4 Å². The lowest BCUT2D eigenvalue weighted by atomic mass is 9.89. The summed E-state index contributed by atoms with van der Waals surface area (Å²) in [5, 5.41) is 13.5. The summed E-state index contributed by atoms with van der Waals surface area (Å²) >= 11 is 1.65. The molecular weight excluding hydrogens is 198 g/mol. The van der Waals surface area contributed by atoms with E-state index >= 15 is 0 Å². The number of hydrogen-bond acceptors (Lipinski definition) is 5. The van der Waals surface area contributed by atoms with E-state index in [-0.39, 0.29) is 0 Å². The van der Waals surface area contributed by atoms with Crippen molar-refractivity contribution in [1.82, 2.24) is 10.2 Å². The molecule has 1 fully saturated rings. The molecular formula is C9H15N3OS. The highest BCUT2D eigenvalue weighted by Gasteiger charge is 2.29. The number of nitrogens with one attached hydrogen (secondary N) is 1. The first kappa shape index (κ1) is 9.86. The lowest BCUT2D eigenvalue weighted by Gasteiger charge is -2.34. The van der Waals surface area contributed by atoms with Gasteiger partial charge in [-0.2, -0.15) is 0 Å². The van der Waals surface area contributed by atoms with Crippen molar-refractivity contribution in [1.29, 1.82) is 0 Å². The number of aromatic nitrogens is 2. The van der Waals surface area contributed by atoms with E-state index in [0.29, 0.717) is 12.1 Å². The molecule has 0 radical (unpaired) electrons. The van der Waals surface area contributed by atoms with Crippen LogP contribution in [0, 0.1) is 0 Å². The minimum atomic E-state index is 0.436. The Hall–Kier alpha value is -0.680. The largest absolute Gasteiger partial charge is 0.381 e. The van der Waals surface area contributed by atoms with Gasteiger partial charge in [0.05, 0.1) is 6.10 Å². The fourth-order valence-corrected chi connectivity index (χ4v) is 2.26. The van der Waals surface area contributed by atoms with Crippen molar-refractivity contribution in [3.05, 3.63) is 5.01 Å². The number of rotatable bonds is 4. The molecule has 0 aliphatic heterocycles. The van der Waals surface area contributed by atoms with Gasteiger partial charge in [0.1, 0.15) is 5.01 Å². The van der Waals surface area contributed by atoms with E-state index in [4.69, 9.17) is 4.74 Å². The molecule has 4 nitrogen and oxygen atoms in total. The maximum absolute atomic E-state index is 5.21. The molecule has 0 atom stereocenters. The molecule has 1 saturated carbocycles. The van der Waals surface area contributed by atoms with Crippen LogP contribution in [0.2, 0.25) is 0 Å². The topological polar surface area (TPSA) is 47.0 Å². The van der Waals surface area contributed by atoms with Gasteiger partial charge in [0.15, 0.2) is 0 Å². The highest BCUT2D eigenvalue weighted by atomic mass is 32.1. The normalized spacial score (nSPS) is 25.9. The number of nitrogens with zero attached hydrogens (tertiary/aromatic N) is 2. The Morgan fingerprint density at radius 1 is 1.50 bits per heavy atom. The van der Waals surface area contributed by atoms with Crippen LogP contribution in [0.5, 0.6) is 0 Å². The monoisotopic (exact) mass is 213 g/mol. The van der Waals surface area contributed by atoms with Gasteiger partial charge in [-0.05, 0) is 19.3 Å². The molecule has 1 N–H and O–H groups in total. The Balaban J connectivity index is 1.81. The first-order valence-corrected chi connectivity index (χ1v) is 5.75. The van der Waals surface area contributed by atoms with E-state index in [1.54, 1.807) is 18.4 Å². The van der Waals surface area contributed by atoms with Crippen molar-refractivity contribution in [3.63, 3.8) is 0 Å². The van der Waals surface area contributed by atoms with Gasteiger partial charge >= 0.3 is 0 Å². The zero-order chi connectivity index (χ0) is 9.97. The quantitative estimate of drug-likeness (QED) is 0.826. The zero-order valence-electron chi connectivity index (χ0n) is 8.49. The maximum atomic E-state index is 5.21. The number of aryl methyl sites for hydroxylation is 1. The smallest absolute Gasteiger partial charge is 0.205 e. The molecule has 0 unspecified atom stereocenters. The first-order valence-electron chi connectivity index (χ1n) is 4.93. The highest BCUT2D eigenvalue weighted by molar-refractivity contribution is 7.15. The van der Waals surface area contributed by atoms with Gasteiger partial charge in [-0.15, -0.1) is 10.2 Å². The van der Waals surface area contributed by atoms with Crippen molar-refractivity contribution in [3.8, 4) is 0 Å². The molecule has 1 aliphatic rings. The summed E-state index contributed by atoms with van der Waals surface area (Å²) in [4.78, 5) is 0. The summed E-state index contributed by atoms with van der Waals surface area (Å²) in [7, 11) is 1.76. The number of methoxy groups -OCH3 is 1. The van der Waals surface area contributed by atoms with Crippen LogP contribution in [0.25, 0.3) is 0 Å². The van der Waals surface area contributed by atoms with Gasteiger partial charge < -0.3 is 10.1 Å². The molecule has 1 aromatic heterocycles. The second-order valence-corrected chi connectivity index (χ2v) is 4.59. The third-order valence-corrected chi connectivity index (χ3v) is 3.52. The molecule has 0 bridgehead atoms. The maximum Gasteiger partial charge on any atom is 0.205 e. The van der Waals surface area contributed by atoms with E-state index in [2.05, 4.69) is 22.4 Å². The molecule has 78 valence electrons. The lowest BCUT2D eigenvalue weighted by Crippen LogP contribution is -2.40. The molecule has 0 spiro atoms. The van der Waals surface area contributed by atoms with Crippen molar-refractivity contribution < 1.29 is 4.74 Å². The van der Waals surface area contributed by atoms with Gasteiger partial charge in [0, 0.05) is 13.2 Å². The number of ether oxygens (including phenoxy) is 1. The summed E-state index contributed by atoms with van der Waals surface area (Å²) in [5.74, 6) is 0. The molecule has 14 heavy (non-hydrogen) atoms. The third-order valence-electron chi connectivity index (χ3n) is 2.53. The summed E-state index contributed by atoms with van der Waals surface area (Å²) < 4.78 is 5.21. The molecule has 5 heteroatoms. The Kier molecular flexibility index (Phi) is 2.98. The Morgan fingerprint density at radius 2 is 2.29 bits per heavy atom. The van der Waals surface area contributed by atoms with Crippen LogP contribution in [0.1, 0.15) is 24.8 Å². The SMILES string of the molecule is CCc1nnc(NC2CC(OC)C2)s1. The van der Waals surface area contributed by atoms with E-state index in [9.17, 15) is 0 Å². The van der Waals surface area contributed by atoms with Crippen LogP contribution < -0.4 is 5.32 Å². The van der Waals surface area contributed by atoms with Gasteiger partial charge in [-0.25, -0.2) is 0 Å². The minimum absolute atomic E-state index is 0.436.